The van der Waals surface area contributed by atoms with Crippen molar-refractivity contribution in [3.05, 3.63) is 35.4 Å². The quantitative estimate of drug-likeness (QED) is 0.826. The van der Waals surface area contributed by atoms with Crippen LogP contribution in [0.25, 0.3) is 0 Å². The van der Waals surface area contributed by atoms with Gasteiger partial charge in [0.15, 0.2) is 0 Å². The number of nitrogens with zero attached hydrogens (tertiary/aromatic N) is 2. The fraction of sp³-hybridized carbons (Fsp3) is 0.588. The van der Waals surface area contributed by atoms with Crippen molar-refractivity contribution in [1.82, 2.24) is 9.80 Å². The number of hydrogen-bond acceptors (Lipinski definition) is 2. The molecule has 1 aromatic carbocycles. The van der Waals surface area contributed by atoms with Gasteiger partial charge in [-0.15, -0.1) is 0 Å². The van der Waals surface area contributed by atoms with Crippen molar-refractivity contribution in [3.8, 4) is 0 Å². The summed E-state index contributed by atoms with van der Waals surface area (Å²) in [6.45, 7) is 6.00. The zero-order chi connectivity index (χ0) is 13.9. The maximum atomic E-state index is 12.6. The van der Waals surface area contributed by atoms with E-state index in [2.05, 4.69) is 4.90 Å². The first kappa shape index (κ1) is 13.6. The second-order valence-corrected chi connectivity index (χ2v) is 6.08. The Morgan fingerprint density at radius 1 is 1.05 bits per heavy atom. The number of aryl methyl sites for hydroxylation is 1. The molecule has 0 radical (unpaired) electrons. The van der Waals surface area contributed by atoms with Crippen molar-refractivity contribution in [1.29, 1.82) is 0 Å². The van der Waals surface area contributed by atoms with E-state index in [1.165, 1.54) is 19.3 Å². The highest BCUT2D eigenvalue weighted by Gasteiger charge is 2.28. The van der Waals surface area contributed by atoms with Crippen LogP contribution in [-0.2, 0) is 0 Å². The molecule has 0 spiro atoms. The van der Waals surface area contributed by atoms with Crippen LogP contribution < -0.4 is 0 Å². The van der Waals surface area contributed by atoms with E-state index in [9.17, 15) is 4.79 Å². The second-order valence-electron chi connectivity index (χ2n) is 6.08. The summed E-state index contributed by atoms with van der Waals surface area (Å²) in [5, 5.41) is 0. The molecule has 0 N–H and O–H groups in total. The average Bonchev–Trinajstić information content (AvgIpc) is 2.63. The maximum Gasteiger partial charge on any atom is 0.254 e. The molecule has 20 heavy (non-hydrogen) atoms. The molecule has 1 saturated carbocycles. The SMILES string of the molecule is Cc1ccccc1C(=O)N1CCCN(C2CCC2)CC1. The highest BCUT2D eigenvalue weighted by molar-refractivity contribution is 5.95. The van der Waals surface area contributed by atoms with Crippen molar-refractivity contribution in [2.45, 2.75) is 38.6 Å². The highest BCUT2D eigenvalue weighted by atomic mass is 16.2. The molecule has 1 heterocycles. The zero-order valence-corrected chi connectivity index (χ0v) is 12.3. The van der Waals surface area contributed by atoms with Gasteiger partial charge in [0.1, 0.15) is 0 Å². The molecule has 1 saturated heterocycles. The summed E-state index contributed by atoms with van der Waals surface area (Å²) in [7, 11) is 0. The topological polar surface area (TPSA) is 23.6 Å². The lowest BCUT2D eigenvalue weighted by Crippen LogP contribution is -2.42. The van der Waals surface area contributed by atoms with Crippen molar-refractivity contribution < 1.29 is 4.79 Å². The van der Waals surface area contributed by atoms with Crippen LogP contribution in [0, 0.1) is 6.92 Å². The zero-order valence-electron chi connectivity index (χ0n) is 12.3. The number of rotatable bonds is 2. The molecular weight excluding hydrogens is 248 g/mol. The van der Waals surface area contributed by atoms with Crippen LogP contribution in [0.4, 0.5) is 0 Å². The van der Waals surface area contributed by atoms with Crippen molar-refractivity contribution >= 4 is 5.91 Å². The molecule has 3 rings (SSSR count). The van der Waals surface area contributed by atoms with Crippen LogP contribution in [0.15, 0.2) is 24.3 Å². The summed E-state index contributed by atoms with van der Waals surface area (Å²) in [5.74, 6) is 0.207. The van der Waals surface area contributed by atoms with E-state index in [-0.39, 0.29) is 5.91 Å². The summed E-state index contributed by atoms with van der Waals surface area (Å²) >= 11 is 0. The number of carbonyl (C=O) groups is 1. The molecule has 0 aromatic heterocycles. The Morgan fingerprint density at radius 2 is 1.85 bits per heavy atom. The molecule has 2 aliphatic rings. The number of hydrogen-bond donors (Lipinski definition) is 0. The minimum absolute atomic E-state index is 0.207. The Hall–Kier alpha value is -1.35. The predicted molar refractivity (Wildman–Crippen MR) is 80.9 cm³/mol. The highest BCUT2D eigenvalue weighted by Crippen LogP contribution is 2.25. The Labute approximate surface area is 121 Å². The van der Waals surface area contributed by atoms with Crippen LogP contribution in [-0.4, -0.2) is 47.9 Å². The lowest BCUT2D eigenvalue weighted by molar-refractivity contribution is 0.0749. The van der Waals surface area contributed by atoms with Gasteiger partial charge >= 0.3 is 0 Å². The maximum absolute atomic E-state index is 12.6. The molecule has 3 nitrogen and oxygen atoms in total. The number of carbonyl (C=O) groups excluding carboxylic acids is 1. The van der Waals surface area contributed by atoms with E-state index < -0.39 is 0 Å². The first-order valence-corrected chi connectivity index (χ1v) is 7.84. The smallest absolute Gasteiger partial charge is 0.254 e. The van der Waals surface area contributed by atoms with E-state index in [0.29, 0.717) is 0 Å². The van der Waals surface area contributed by atoms with Crippen LogP contribution in [0.2, 0.25) is 0 Å². The van der Waals surface area contributed by atoms with E-state index >= 15 is 0 Å². The molecule has 0 bridgehead atoms. The van der Waals surface area contributed by atoms with Gasteiger partial charge in [0.2, 0.25) is 0 Å². The first-order chi connectivity index (χ1) is 9.75. The van der Waals surface area contributed by atoms with E-state index in [0.717, 1.165) is 49.8 Å². The lowest BCUT2D eigenvalue weighted by atomic mass is 9.91. The van der Waals surface area contributed by atoms with Gasteiger partial charge in [0.25, 0.3) is 5.91 Å². The lowest BCUT2D eigenvalue weighted by Gasteiger charge is -2.36. The van der Waals surface area contributed by atoms with Gasteiger partial charge in [-0.1, -0.05) is 24.6 Å². The Kier molecular flexibility index (Phi) is 4.06. The molecule has 2 fully saturated rings. The van der Waals surface area contributed by atoms with Gasteiger partial charge in [-0.2, -0.15) is 0 Å². The third-order valence-corrected chi connectivity index (χ3v) is 4.78. The third-order valence-electron chi connectivity index (χ3n) is 4.78. The molecule has 0 atom stereocenters. The summed E-state index contributed by atoms with van der Waals surface area (Å²) in [5.41, 5.74) is 1.95. The van der Waals surface area contributed by atoms with Crippen molar-refractivity contribution in [2.24, 2.45) is 0 Å². The Balaban J connectivity index is 1.65. The van der Waals surface area contributed by atoms with Gasteiger partial charge in [-0.25, -0.2) is 0 Å². The third kappa shape index (κ3) is 2.73. The first-order valence-electron chi connectivity index (χ1n) is 7.84. The van der Waals surface area contributed by atoms with Gasteiger partial charge in [0, 0.05) is 37.8 Å². The fourth-order valence-electron chi connectivity index (χ4n) is 3.24. The molecule has 3 heteroatoms. The molecule has 108 valence electrons. The Bertz CT molecular complexity index is 482. The van der Waals surface area contributed by atoms with Crippen molar-refractivity contribution in [2.75, 3.05) is 26.2 Å². The van der Waals surface area contributed by atoms with Crippen LogP contribution in [0.3, 0.4) is 0 Å². The Morgan fingerprint density at radius 3 is 2.55 bits per heavy atom. The monoisotopic (exact) mass is 272 g/mol. The summed E-state index contributed by atoms with van der Waals surface area (Å²) in [4.78, 5) is 17.3. The van der Waals surface area contributed by atoms with Crippen LogP contribution in [0.5, 0.6) is 0 Å². The number of benzene rings is 1. The van der Waals surface area contributed by atoms with E-state index in [1.54, 1.807) is 0 Å². The fourth-order valence-corrected chi connectivity index (χ4v) is 3.24. The number of amides is 1. The molecule has 1 aliphatic carbocycles. The van der Waals surface area contributed by atoms with Crippen LogP contribution >= 0.6 is 0 Å². The van der Waals surface area contributed by atoms with Crippen LogP contribution in [0.1, 0.15) is 41.6 Å². The van der Waals surface area contributed by atoms with Gasteiger partial charge in [0.05, 0.1) is 0 Å². The summed E-state index contributed by atoms with van der Waals surface area (Å²) in [6.07, 6.45) is 5.19. The van der Waals surface area contributed by atoms with Gasteiger partial charge < -0.3 is 4.90 Å². The molecule has 1 aliphatic heterocycles. The standard InChI is InChI=1S/C17H24N2O/c1-14-6-2-3-9-16(14)17(20)19-11-5-10-18(12-13-19)15-7-4-8-15/h2-3,6,9,15H,4-5,7-8,10-13H2,1H3. The molecule has 0 unspecified atom stereocenters. The van der Waals surface area contributed by atoms with Gasteiger partial charge in [-0.3, -0.25) is 9.69 Å². The molecule has 1 amide bonds. The van der Waals surface area contributed by atoms with Crippen molar-refractivity contribution in [3.63, 3.8) is 0 Å². The minimum Gasteiger partial charge on any atom is -0.337 e. The molecule has 1 aromatic rings. The second kappa shape index (κ2) is 5.96. The minimum atomic E-state index is 0.207. The summed E-state index contributed by atoms with van der Waals surface area (Å²) < 4.78 is 0. The normalized spacial score (nSPS) is 21.4. The average molecular weight is 272 g/mol. The van der Waals surface area contributed by atoms with E-state index in [4.69, 9.17) is 0 Å². The summed E-state index contributed by atoms with van der Waals surface area (Å²) in [6, 6.07) is 8.72. The van der Waals surface area contributed by atoms with Gasteiger partial charge in [-0.05, 0) is 37.8 Å². The predicted octanol–water partition coefficient (Wildman–Crippen LogP) is 2.70. The van der Waals surface area contributed by atoms with E-state index in [1.807, 2.05) is 36.1 Å². The molecular formula is C17H24N2O. The largest absolute Gasteiger partial charge is 0.337 e.